The number of aryl methyl sites for hydroxylation is 1. The fourth-order valence-electron chi connectivity index (χ4n) is 2.81. The molecule has 0 spiro atoms. The Kier molecular flexibility index (Phi) is 4.76. The molecule has 22 heavy (non-hydrogen) atoms. The summed E-state index contributed by atoms with van der Waals surface area (Å²) in [5, 5.41) is 3.12. The van der Waals surface area contributed by atoms with E-state index < -0.39 is 0 Å². The molecule has 1 aliphatic heterocycles. The third-order valence-corrected chi connectivity index (χ3v) is 4.95. The third-order valence-electron chi connectivity index (χ3n) is 4.13. The Balaban J connectivity index is 1.52. The Morgan fingerprint density at radius 2 is 2.09 bits per heavy atom. The van der Waals surface area contributed by atoms with Crippen LogP contribution in [0.2, 0.25) is 0 Å². The molecule has 0 bridgehead atoms. The molecule has 1 aromatic carbocycles. The van der Waals surface area contributed by atoms with E-state index in [0.717, 1.165) is 36.1 Å². The van der Waals surface area contributed by atoms with Crippen LogP contribution in [0.25, 0.3) is 0 Å². The van der Waals surface area contributed by atoms with Gasteiger partial charge in [0.25, 0.3) is 0 Å². The average Bonchev–Trinajstić information content (AvgIpc) is 3.04. The fraction of sp³-hybridized carbons (Fsp3) is 0.471. The van der Waals surface area contributed by atoms with Crippen molar-refractivity contribution in [1.82, 2.24) is 9.88 Å². The maximum absolute atomic E-state index is 6.08. The van der Waals surface area contributed by atoms with Crippen LogP contribution in [0.5, 0.6) is 5.75 Å². The van der Waals surface area contributed by atoms with E-state index in [2.05, 4.69) is 28.9 Å². The van der Waals surface area contributed by atoms with Gasteiger partial charge in [0.1, 0.15) is 12.4 Å². The molecule has 2 aromatic rings. The number of ether oxygens (including phenoxy) is 1. The summed E-state index contributed by atoms with van der Waals surface area (Å²) in [6, 6.07) is 8.65. The Morgan fingerprint density at radius 1 is 1.32 bits per heavy atom. The molecule has 2 atom stereocenters. The number of nitrogens with two attached hydrogens (primary N) is 1. The number of hydrogen-bond donors (Lipinski definition) is 1. The van der Waals surface area contributed by atoms with Crippen LogP contribution in [-0.4, -0.2) is 29.0 Å². The lowest BCUT2D eigenvalue weighted by molar-refractivity contribution is 0.300. The molecule has 2 unspecified atom stereocenters. The van der Waals surface area contributed by atoms with Gasteiger partial charge in [-0.2, -0.15) is 0 Å². The van der Waals surface area contributed by atoms with Crippen LogP contribution < -0.4 is 10.5 Å². The van der Waals surface area contributed by atoms with E-state index in [1.807, 2.05) is 24.4 Å². The van der Waals surface area contributed by atoms with Crippen LogP contribution in [0.15, 0.2) is 29.6 Å². The van der Waals surface area contributed by atoms with Crippen molar-refractivity contribution in [2.24, 2.45) is 11.7 Å². The number of thiazole rings is 1. The molecular weight excluding hydrogens is 294 g/mol. The Hall–Kier alpha value is -1.43. The second kappa shape index (κ2) is 6.77. The SMILES string of the molecule is Cc1nc(COc2ccc(CN3CC(C)C(N)C3)cc2)cs1. The smallest absolute Gasteiger partial charge is 0.131 e. The summed E-state index contributed by atoms with van der Waals surface area (Å²) < 4.78 is 5.78. The number of hydrogen-bond acceptors (Lipinski definition) is 5. The first-order valence-corrected chi connectivity index (χ1v) is 8.59. The second-order valence-corrected chi connectivity index (χ2v) is 7.19. The summed E-state index contributed by atoms with van der Waals surface area (Å²) in [5.41, 5.74) is 8.37. The van der Waals surface area contributed by atoms with Gasteiger partial charge in [-0.05, 0) is 30.5 Å². The number of benzene rings is 1. The average molecular weight is 317 g/mol. The van der Waals surface area contributed by atoms with Crippen molar-refractivity contribution in [3.05, 3.63) is 45.9 Å². The molecule has 118 valence electrons. The van der Waals surface area contributed by atoms with Crippen molar-refractivity contribution < 1.29 is 4.74 Å². The van der Waals surface area contributed by atoms with Crippen molar-refractivity contribution in [2.75, 3.05) is 13.1 Å². The van der Waals surface area contributed by atoms with Crippen LogP contribution in [0, 0.1) is 12.8 Å². The van der Waals surface area contributed by atoms with Crippen LogP contribution in [0.3, 0.4) is 0 Å². The summed E-state index contributed by atoms with van der Waals surface area (Å²) in [4.78, 5) is 6.82. The maximum Gasteiger partial charge on any atom is 0.131 e. The minimum Gasteiger partial charge on any atom is -0.487 e. The summed E-state index contributed by atoms with van der Waals surface area (Å²) in [6.45, 7) is 7.80. The monoisotopic (exact) mass is 317 g/mol. The van der Waals surface area contributed by atoms with Crippen LogP contribution in [0.1, 0.15) is 23.2 Å². The zero-order valence-electron chi connectivity index (χ0n) is 13.2. The van der Waals surface area contributed by atoms with Crippen molar-refractivity contribution in [3.63, 3.8) is 0 Å². The summed E-state index contributed by atoms with van der Waals surface area (Å²) in [6.07, 6.45) is 0. The van der Waals surface area contributed by atoms with E-state index in [0.29, 0.717) is 18.6 Å². The van der Waals surface area contributed by atoms with Gasteiger partial charge in [0, 0.05) is 31.1 Å². The zero-order chi connectivity index (χ0) is 15.5. The summed E-state index contributed by atoms with van der Waals surface area (Å²) >= 11 is 1.65. The highest BCUT2D eigenvalue weighted by Crippen LogP contribution is 2.20. The molecule has 0 radical (unpaired) electrons. The van der Waals surface area contributed by atoms with Crippen molar-refractivity contribution >= 4 is 11.3 Å². The molecule has 1 fully saturated rings. The topological polar surface area (TPSA) is 51.4 Å². The minimum atomic E-state index is 0.309. The zero-order valence-corrected chi connectivity index (χ0v) is 14.0. The first-order valence-electron chi connectivity index (χ1n) is 7.71. The maximum atomic E-state index is 6.08. The normalized spacial score (nSPS) is 22.1. The van der Waals surface area contributed by atoms with Gasteiger partial charge in [-0.1, -0.05) is 19.1 Å². The van der Waals surface area contributed by atoms with Crippen LogP contribution >= 0.6 is 11.3 Å². The van der Waals surface area contributed by atoms with Crippen molar-refractivity contribution in [1.29, 1.82) is 0 Å². The number of likely N-dealkylation sites (tertiary alicyclic amines) is 1. The van der Waals surface area contributed by atoms with E-state index in [1.165, 1.54) is 5.56 Å². The molecule has 1 aromatic heterocycles. The van der Waals surface area contributed by atoms with Gasteiger partial charge in [0.05, 0.1) is 10.7 Å². The van der Waals surface area contributed by atoms with Gasteiger partial charge in [-0.15, -0.1) is 11.3 Å². The summed E-state index contributed by atoms with van der Waals surface area (Å²) in [7, 11) is 0. The number of aromatic nitrogens is 1. The standard InChI is InChI=1S/C17H23N3OS/c1-12-7-20(9-17(12)18)8-14-3-5-16(6-4-14)21-10-15-11-22-13(2)19-15/h3-6,11-12,17H,7-10,18H2,1-2H3. The lowest BCUT2D eigenvalue weighted by Crippen LogP contribution is -2.28. The highest BCUT2D eigenvalue weighted by atomic mass is 32.1. The Bertz CT molecular complexity index is 601. The predicted molar refractivity (Wildman–Crippen MR) is 90.0 cm³/mol. The van der Waals surface area contributed by atoms with Crippen molar-refractivity contribution in [3.8, 4) is 5.75 Å². The van der Waals surface area contributed by atoms with Gasteiger partial charge in [-0.3, -0.25) is 4.90 Å². The molecule has 3 rings (SSSR count). The Morgan fingerprint density at radius 3 is 2.68 bits per heavy atom. The molecule has 4 nitrogen and oxygen atoms in total. The van der Waals surface area contributed by atoms with E-state index in [-0.39, 0.29) is 0 Å². The van der Waals surface area contributed by atoms with Gasteiger partial charge in [-0.25, -0.2) is 4.98 Å². The molecule has 2 N–H and O–H groups in total. The molecule has 1 aliphatic rings. The molecular formula is C17H23N3OS. The molecule has 0 amide bonds. The molecule has 1 saturated heterocycles. The number of nitrogens with zero attached hydrogens (tertiary/aromatic N) is 2. The first kappa shape index (κ1) is 15.5. The van der Waals surface area contributed by atoms with E-state index in [4.69, 9.17) is 10.5 Å². The minimum absolute atomic E-state index is 0.309. The lowest BCUT2D eigenvalue weighted by Gasteiger charge is -2.15. The molecule has 0 aliphatic carbocycles. The highest BCUT2D eigenvalue weighted by molar-refractivity contribution is 7.09. The molecule has 5 heteroatoms. The van der Waals surface area contributed by atoms with E-state index >= 15 is 0 Å². The third kappa shape index (κ3) is 3.85. The molecule has 2 heterocycles. The van der Waals surface area contributed by atoms with E-state index in [9.17, 15) is 0 Å². The van der Waals surface area contributed by atoms with Gasteiger partial charge in [0.15, 0.2) is 0 Å². The first-order chi connectivity index (χ1) is 10.6. The highest BCUT2D eigenvalue weighted by Gasteiger charge is 2.26. The Labute approximate surface area is 135 Å². The van der Waals surface area contributed by atoms with Gasteiger partial charge >= 0.3 is 0 Å². The number of rotatable bonds is 5. The van der Waals surface area contributed by atoms with Crippen molar-refractivity contribution in [2.45, 2.75) is 33.0 Å². The predicted octanol–water partition coefficient (Wildman–Crippen LogP) is 2.81. The van der Waals surface area contributed by atoms with E-state index in [1.54, 1.807) is 11.3 Å². The second-order valence-electron chi connectivity index (χ2n) is 6.13. The largest absolute Gasteiger partial charge is 0.487 e. The van der Waals surface area contributed by atoms with Gasteiger partial charge in [0.2, 0.25) is 0 Å². The van der Waals surface area contributed by atoms with Crippen LogP contribution in [-0.2, 0) is 13.2 Å². The lowest BCUT2D eigenvalue weighted by atomic mass is 10.1. The van der Waals surface area contributed by atoms with Gasteiger partial charge < -0.3 is 10.5 Å². The van der Waals surface area contributed by atoms with Crippen LogP contribution in [0.4, 0.5) is 0 Å². The fourth-order valence-corrected chi connectivity index (χ4v) is 3.40. The molecule has 0 saturated carbocycles. The summed E-state index contributed by atoms with van der Waals surface area (Å²) in [5.74, 6) is 1.48. The quantitative estimate of drug-likeness (QED) is 0.921.